The number of hydrogen-bond acceptors (Lipinski definition) is 4. The van der Waals surface area contributed by atoms with Crippen LogP contribution < -0.4 is 4.74 Å². The number of fused-ring (bicyclic) bond motifs is 2. The maximum atomic E-state index is 13.2. The van der Waals surface area contributed by atoms with Gasteiger partial charge in [0.05, 0.1) is 31.4 Å². The van der Waals surface area contributed by atoms with Crippen molar-refractivity contribution < 1.29 is 19.4 Å². The van der Waals surface area contributed by atoms with Crippen LogP contribution >= 0.6 is 0 Å². The molecule has 0 spiro atoms. The van der Waals surface area contributed by atoms with Crippen LogP contribution in [0.15, 0.2) is 30.6 Å². The van der Waals surface area contributed by atoms with E-state index in [-0.39, 0.29) is 18.9 Å². The SMILES string of the molecule is COc1ccc2c(c1)cc(C(=O)N1Cc3[nH]cnc3CC1C(=O)O)n2C. The number of carbonyl (C=O) groups excluding carboxylic acids is 1. The summed E-state index contributed by atoms with van der Waals surface area (Å²) in [6.07, 6.45) is 1.72. The van der Waals surface area contributed by atoms with E-state index in [4.69, 9.17) is 4.74 Å². The summed E-state index contributed by atoms with van der Waals surface area (Å²) < 4.78 is 7.01. The molecule has 0 fully saturated rings. The van der Waals surface area contributed by atoms with Crippen molar-refractivity contribution in [3.63, 3.8) is 0 Å². The molecule has 1 aliphatic rings. The summed E-state index contributed by atoms with van der Waals surface area (Å²) in [7, 11) is 3.38. The molecule has 0 aliphatic carbocycles. The van der Waals surface area contributed by atoms with Gasteiger partial charge in [-0.25, -0.2) is 9.78 Å². The van der Waals surface area contributed by atoms with Gasteiger partial charge in [-0.1, -0.05) is 0 Å². The fourth-order valence-corrected chi connectivity index (χ4v) is 3.48. The van der Waals surface area contributed by atoms with Gasteiger partial charge in [0.2, 0.25) is 0 Å². The van der Waals surface area contributed by atoms with Crippen LogP contribution in [0, 0.1) is 0 Å². The zero-order chi connectivity index (χ0) is 18.4. The molecule has 1 atom stereocenters. The average molecular weight is 354 g/mol. The molecule has 8 nitrogen and oxygen atoms in total. The number of methoxy groups -OCH3 is 1. The second kappa shape index (κ2) is 5.91. The van der Waals surface area contributed by atoms with Crippen LogP contribution in [0.2, 0.25) is 0 Å². The number of carboxylic acids is 1. The first-order valence-electron chi connectivity index (χ1n) is 8.18. The first-order chi connectivity index (χ1) is 12.5. The Balaban J connectivity index is 1.75. The first-order valence-corrected chi connectivity index (χ1v) is 8.18. The predicted octanol–water partition coefficient (Wildman–Crippen LogP) is 1.56. The number of aliphatic carboxylic acids is 1. The minimum atomic E-state index is -1.03. The number of ether oxygens (including phenoxy) is 1. The van der Waals surface area contributed by atoms with Crippen molar-refractivity contribution in [2.24, 2.45) is 7.05 Å². The Labute approximate surface area is 149 Å². The fraction of sp³-hybridized carbons (Fsp3) is 0.278. The van der Waals surface area contributed by atoms with Gasteiger partial charge in [0.15, 0.2) is 0 Å². The third-order valence-electron chi connectivity index (χ3n) is 4.91. The third kappa shape index (κ3) is 2.42. The molecule has 0 bridgehead atoms. The van der Waals surface area contributed by atoms with E-state index >= 15 is 0 Å². The molecule has 0 saturated carbocycles. The van der Waals surface area contributed by atoms with Crippen LogP contribution in [0.1, 0.15) is 21.9 Å². The number of aryl methyl sites for hydroxylation is 1. The summed E-state index contributed by atoms with van der Waals surface area (Å²) in [4.78, 5) is 33.4. The van der Waals surface area contributed by atoms with E-state index in [1.54, 1.807) is 24.8 Å². The van der Waals surface area contributed by atoms with Gasteiger partial charge in [0, 0.05) is 24.4 Å². The van der Waals surface area contributed by atoms with Crippen LogP contribution in [0.5, 0.6) is 5.75 Å². The lowest BCUT2D eigenvalue weighted by atomic mass is 10.0. The summed E-state index contributed by atoms with van der Waals surface area (Å²) in [6, 6.07) is 6.38. The lowest BCUT2D eigenvalue weighted by molar-refractivity contribution is -0.142. The normalized spacial score (nSPS) is 16.5. The molecular weight excluding hydrogens is 336 g/mol. The predicted molar refractivity (Wildman–Crippen MR) is 93.1 cm³/mol. The summed E-state index contributed by atoms with van der Waals surface area (Å²) in [5.41, 5.74) is 2.78. The van der Waals surface area contributed by atoms with Gasteiger partial charge in [-0.15, -0.1) is 0 Å². The number of carboxylic acid groups (broad SMARTS) is 1. The highest BCUT2D eigenvalue weighted by molar-refractivity contribution is 6.00. The highest BCUT2D eigenvalue weighted by Crippen LogP contribution is 2.27. The van der Waals surface area contributed by atoms with E-state index in [0.29, 0.717) is 17.1 Å². The Hall–Kier alpha value is -3.29. The van der Waals surface area contributed by atoms with E-state index in [1.807, 2.05) is 18.2 Å². The lowest BCUT2D eigenvalue weighted by Gasteiger charge is -2.32. The maximum Gasteiger partial charge on any atom is 0.326 e. The van der Waals surface area contributed by atoms with E-state index in [9.17, 15) is 14.7 Å². The molecule has 3 aromatic rings. The molecule has 1 aliphatic heterocycles. The number of rotatable bonds is 3. The molecule has 0 radical (unpaired) electrons. The number of imidazole rings is 1. The molecule has 26 heavy (non-hydrogen) atoms. The number of hydrogen-bond donors (Lipinski definition) is 2. The highest BCUT2D eigenvalue weighted by atomic mass is 16.5. The Morgan fingerprint density at radius 1 is 1.35 bits per heavy atom. The number of carbonyl (C=O) groups is 2. The van der Waals surface area contributed by atoms with Crippen LogP contribution in [0.3, 0.4) is 0 Å². The number of nitrogens with zero attached hydrogens (tertiary/aromatic N) is 3. The van der Waals surface area contributed by atoms with E-state index in [2.05, 4.69) is 9.97 Å². The van der Waals surface area contributed by atoms with Gasteiger partial charge in [0.25, 0.3) is 5.91 Å². The monoisotopic (exact) mass is 354 g/mol. The second-order valence-corrected chi connectivity index (χ2v) is 6.33. The fourth-order valence-electron chi connectivity index (χ4n) is 3.48. The van der Waals surface area contributed by atoms with E-state index < -0.39 is 12.0 Å². The molecule has 1 unspecified atom stereocenters. The first kappa shape index (κ1) is 16.2. The number of H-pyrrole nitrogens is 1. The van der Waals surface area contributed by atoms with Crippen LogP contribution in [0.4, 0.5) is 0 Å². The molecule has 1 aromatic carbocycles. The Bertz CT molecular complexity index is 1020. The van der Waals surface area contributed by atoms with Crippen LogP contribution in [0.25, 0.3) is 10.9 Å². The van der Waals surface area contributed by atoms with E-state index in [1.165, 1.54) is 11.2 Å². The second-order valence-electron chi connectivity index (χ2n) is 6.33. The largest absolute Gasteiger partial charge is 0.497 e. The zero-order valence-corrected chi connectivity index (χ0v) is 14.4. The van der Waals surface area contributed by atoms with Crippen LogP contribution in [-0.4, -0.2) is 49.6 Å². The zero-order valence-electron chi connectivity index (χ0n) is 14.4. The smallest absolute Gasteiger partial charge is 0.326 e. The van der Waals surface area contributed by atoms with Crippen molar-refractivity contribution >= 4 is 22.8 Å². The maximum absolute atomic E-state index is 13.2. The highest BCUT2D eigenvalue weighted by Gasteiger charge is 2.37. The van der Waals surface area contributed by atoms with Gasteiger partial charge in [-0.2, -0.15) is 0 Å². The molecule has 2 aromatic heterocycles. The lowest BCUT2D eigenvalue weighted by Crippen LogP contribution is -2.49. The van der Waals surface area contributed by atoms with Crippen molar-refractivity contribution in [2.45, 2.75) is 19.0 Å². The van der Waals surface area contributed by atoms with Crippen molar-refractivity contribution in [2.75, 3.05) is 7.11 Å². The minimum Gasteiger partial charge on any atom is -0.497 e. The number of nitrogens with one attached hydrogen (secondary N) is 1. The minimum absolute atomic E-state index is 0.190. The quantitative estimate of drug-likeness (QED) is 0.743. The number of aromatic amines is 1. The average Bonchev–Trinajstić information content (AvgIpc) is 3.23. The van der Waals surface area contributed by atoms with Gasteiger partial charge in [0.1, 0.15) is 17.5 Å². The third-order valence-corrected chi connectivity index (χ3v) is 4.91. The summed E-state index contributed by atoms with van der Waals surface area (Å²) in [5.74, 6) is -0.659. The Morgan fingerprint density at radius 3 is 2.88 bits per heavy atom. The van der Waals surface area contributed by atoms with Gasteiger partial charge in [-0.3, -0.25) is 4.79 Å². The topological polar surface area (TPSA) is 100 Å². The van der Waals surface area contributed by atoms with Crippen LogP contribution in [-0.2, 0) is 24.8 Å². The summed E-state index contributed by atoms with van der Waals surface area (Å²) in [5, 5.41) is 10.5. The molecule has 1 amide bonds. The van der Waals surface area contributed by atoms with Crippen molar-refractivity contribution in [1.82, 2.24) is 19.4 Å². The number of amides is 1. The summed E-state index contributed by atoms with van der Waals surface area (Å²) >= 11 is 0. The number of aromatic nitrogens is 3. The van der Waals surface area contributed by atoms with Gasteiger partial charge < -0.3 is 24.3 Å². The molecule has 134 valence electrons. The standard InChI is InChI=1S/C18H18N4O4/c1-21-14-4-3-11(26-2)5-10(14)6-15(21)17(23)22-8-13-12(19-9-20-13)7-16(22)18(24)25/h3-6,9,16H,7-8H2,1-2H3,(H,19,20)(H,24,25). The van der Waals surface area contributed by atoms with Gasteiger partial charge in [-0.05, 0) is 24.3 Å². The Morgan fingerprint density at radius 2 is 2.15 bits per heavy atom. The van der Waals surface area contributed by atoms with Crippen molar-refractivity contribution in [3.8, 4) is 5.75 Å². The summed E-state index contributed by atoms with van der Waals surface area (Å²) in [6.45, 7) is 0.190. The molecule has 4 rings (SSSR count). The van der Waals surface area contributed by atoms with Gasteiger partial charge >= 0.3 is 5.97 Å². The Kier molecular flexibility index (Phi) is 3.68. The molecule has 2 N–H and O–H groups in total. The van der Waals surface area contributed by atoms with E-state index in [0.717, 1.165) is 16.6 Å². The molecule has 8 heteroatoms. The van der Waals surface area contributed by atoms with Crippen molar-refractivity contribution in [1.29, 1.82) is 0 Å². The molecule has 0 saturated heterocycles. The number of benzene rings is 1. The molecule has 3 heterocycles. The molecular formula is C18H18N4O4. The van der Waals surface area contributed by atoms with Crippen molar-refractivity contribution in [3.05, 3.63) is 47.7 Å².